The highest BCUT2D eigenvalue weighted by Gasteiger charge is 2.20. The Labute approximate surface area is 134 Å². The number of hydrogen-bond acceptors (Lipinski definition) is 4. The first-order chi connectivity index (χ1) is 10.2. The molecule has 5 heteroatoms. The molecule has 0 aliphatic heterocycles. The standard InChI is InChI=1S/C16H20ClNO2S/c1-4-7-18-16(15-6-5-8-21-15)11-9-13(19-2)14(20-3)10-12(11)17/h5-6,8-10,16,18H,4,7H2,1-3H3. The van der Waals surface area contributed by atoms with Gasteiger partial charge in [-0.05, 0) is 36.0 Å². The van der Waals surface area contributed by atoms with Gasteiger partial charge in [-0.25, -0.2) is 0 Å². The lowest BCUT2D eigenvalue weighted by atomic mass is 10.0. The molecule has 0 fully saturated rings. The zero-order valence-corrected chi connectivity index (χ0v) is 14.1. The van der Waals surface area contributed by atoms with Crippen molar-refractivity contribution in [3.8, 4) is 11.5 Å². The van der Waals surface area contributed by atoms with E-state index in [2.05, 4.69) is 29.8 Å². The van der Waals surface area contributed by atoms with Crippen molar-refractivity contribution in [1.82, 2.24) is 5.32 Å². The van der Waals surface area contributed by atoms with Crippen molar-refractivity contribution in [3.05, 3.63) is 45.1 Å². The molecule has 2 aromatic rings. The van der Waals surface area contributed by atoms with Crippen LogP contribution in [0.15, 0.2) is 29.6 Å². The molecule has 1 aromatic heterocycles. The first kappa shape index (κ1) is 16.1. The Kier molecular flexibility index (Phi) is 5.91. The van der Waals surface area contributed by atoms with Crippen LogP contribution in [0.3, 0.4) is 0 Å². The second kappa shape index (κ2) is 7.69. The van der Waals surface area contributed by atoms with Gasteiger partial charge < -0.3 is 14.8 Å². The summed E-state index contributed by atoms with van der Waals surface area (Å²) in [6.45, 7) is 3.07. The van der Waals surface area contributed by atoms with Gasteiger partial charge in [0.2, 0.25) is 0 Å². The van der Waals surface area contributed by atoms with Gasteiger partial charge in [0.05, 0.1) is 20.3 Å². The number of halogens is 1. The number of methoxy groups -OCH3 is 2. The quantitative estimate of drug-likeness (QED) is 0.812. The highest BCUT2D eigenvalue weighted by molar-refractivity contribution is 7.10. The molecule has 0 spiro atoms. The number of hydrogen-bond donors (Lipinski definition) is 1. The summed E-state index contributed by atoms with van der Waals surface area (Å²) in [4.78, 5) is 1.23. The van der Waals surface area contributed by atoms with Gasteiger partial charge in [-0.15, -0.1) is 11.3 Å². The smallest absolute Gasteiger partial charge is 0.162 e. The van der Waals surface area contributed by atoms with Crippen molar-refractivity contribution in [1.29, 1.82) is 0 Å². The van der Waals surface area contributed by atoms with E-state index < -0.39 is 0 Å². The molecule has 114 valence electrons. The second-order valence-electron chi connectivity index (χ2n) is 4.63. The van der Waals surface area contributed by atoms with E-state index in [0.717, 1.165) is 18.5 Å². The molecule has 3 nitrogen and oxygen atoms in total. The van der Waals surface area contributed by atoms with Gasteiger partial charge in [-0.2, -0.15) is 0 Å². The molecular weight excluding hydrogens is 306 g/mol. The monoisotopic (exact) mass is 325 g/mol. The van der Waals surface area contributed by atoms with Crippen LogP contribution in [-0.2, 0) is 0 Å². The van der Waals surface area contributed by atoms with Crippen LogP contribution in [-0.4, -0.2) is 20.8 Å². The summed E-state index contributed by atoms with van der Waals surface area (Å²) < 4.78 is 10.7. The summed E-state index contributed by atoms with van der Waals surface area (Å²) in [5.41, 5.74) is 1.00. The fourth-order valence-corrected chi connectivity index (χ4v) is 3.28. The third-order valence-corrected chi connectivity index (χ3v) is 4.50. The molecule has 0 aliphatic carbocycles. The topological polar surface area (TPSA) is 30.5 Å². The highest BCUT2D eigenvalue weighted by atomic mass is 35.5. The Hall–Kier alpha value is -1.23. The molecule has 0 amide bonds. The van der Waals surface area contributed by atoms with Crippen LogP contribution in [0.4, 0.5) is 0 Å². The summed E-state index contributed by atoms with van der Waals surface area (Å²) in [6.07, 6.45) is 1.06. The minimum Gasteiger partial charge on any atom is -0.493 e. The van der Waals surface area contributed by atoms with Gasteiger partial charge in [0.15, 0.2) is 11.5 Å². The van der Waals surface area contributed by atoms with E-state index in [9.17, 15) is 0 Å². The largest absolute Gasteiger partial charge is 0.493 e. The molecule has 0 radical (unpaired) electrons. The zero-order valence-electron chi connectivity index (χ0n) is 12.5. The van der Waals surface area contributed by atoms with Crippen LogP contribution in [0.2, 0.25) is 5.02 Å². The van der Waals surface area contributed by atoms with Gasteiger partial charge in [0.1, 0.15) is 0 Å². The Balaban J connectivity index is 2.44. The normalized spacial score (nSPS) is 12.2. The van der Waals surface area contributed by atoms with E-state index in [-0.39, 0.29) is 6.04 Å². The Morgan fingerprint density at radius 2 is 1.95 bits per heavy atom. The number of nitrogens with one attached hydrogen (secondary N) is 1. The van der Waals surface area contributed by atoms with Crippen LogP contribution in [0.5, 0.6) is 11.5 Å². The van der Waals surface area contributed by atoms with Crippen LogP contribution in [0.25, 0.3) is 0 Å². The van der Waals surface area contributed by atoms with Crippen LogP contribution < -0.4 is 14.8 Å². The molecule has 21 heavy (non-hydrogen) atoms. The summed E-state index contributed by atoms with van der Waals surface area (Å²) in [5.74, 6) is 1.34. The van der Waals surface area contributed by atoms with Gasteiger partial charge in [-0.3, -0.25) is 0 Å². The number of thiophene rings is 1. The van der Waals surface area contributed by atoms with E-state index in [0.29, 0.717) is 16.5 Å². The molecule has 1 N–H and O–H groups in total. The van der Waals surface area contributed by atoms with Gasteiger partial charge >= 0.3 is 0 Å². The Bertz CT molecular complexity index is 572. The molecule has 0 saturated carbocycles. The fourth-order valence-electron chi connectivity index (χ4n) is 2.20. The second-order valence-corrected chi connectivity index (χ2v) is 6.02. The summed E-state index contributed by atoms with van der Waals surface area (Å²) >= 11 is 8.17. The molecule has 1 heterocycles. The molecule has 1 unspecified atom stereocenters. The van der Waals surface area contributed by atoms with Crippen LogP contribution in [0, 0.1) is 0 Å². The van der Waals surface area contributed by atoms with Crippen molar-refractivity contribution < 1.29 is 9.47 Å². The molecule has 1 aromatic carbocycles. The van der Waals surface area contributed by atoms with E-state index >= 15 is 0 Å². The number of benzene rings is 1. The predicted molar refractivity (Wildman–Crippen MR) is 89.0 cm³/mol. The van der Waals surface area contributed by atoms with Gasteiger partial charge in [0.25, 0.3) is 0 Å². The Morgan fingerprint density at radius 3 is 2.52 bits per heavy atom. The van der Waals surface area contributed by atoms with Gasteiger partial charge in [0, 0.05) is 16.0 Å². The molecule has 0 aliphatic rings. The Morgan fingerprint density at radius 1 is 1.24 bits per heavy atom. The minimum absolute atomic E-state index is 0.0669. The first-order valence-corrected chi connectivity index (χ1v) is 8.15. The van der Waals surface area contributed by atoms with Crippen molar-refractivity contribution >= 4 is 22.9 Å². The average molecular weight is 326 g/mol. The maximum atomic E-state index is 6.46. The maximum Gasteiger partial charge on any atom is 0.162 e. The van der Waals surface area contributed by atoms with E-state index in [4.69, 9.17) is 21.1 Å². The summed E-state index contributed by atoms with van der Waals surface area (Å²) in [6, 6.07) is 8.00. The molecular formula is C16H20ClNO2S. The number of rotatable bonds is 7. The molecule has 0 saturated heterocycles. The third kappa shape index (κ3) is 3.70. The van der Waals surface area contributed by atoms with E-state index in [1.165, 1.54) is 4.88 Å². The van der Waals surface area contributed by atoms with Crippen molar-refractivity contribution in [2.24, 2.45) is 0 Å². The summed E-state index contributed by atoms with van der Waals surface area (Å²) in [5, 5.41) is 6.30. The van der Waals surface area contributed by atoms with Crippen LogP contribution >= 0.6 is 22.9 Å². The van der Waals surface area contributed by atoms with Crippen molar-refractivity contribution in [2.45, 2.75) is 19.4 Å². The molecule has 0 bridgehead atoms. The number of ether oxygens (including phenoxy) is 2. The first-order valence-electron chi connectivity index (χ1n) is 6.89. The SMILES string of the molecule is CCCNC(c1cccs1)c1cc(OC)c(OC)cc1Cl. The van der Waals surface area contributed by atoms with Crippen molar-refractivity contribution in [3.63, 3.8) is 0 Å². The van der Waals surface area contributed by atoms with Crippen molar-refractivity contribution in [2.75, 3.05) is 20.8 Å². The highest BCUT2D eigenvalue weighted by Crippen LogP contribution is 2.38. The minimum atomic E-state index is 0.0669. The van der Waals surface area contributed by atoms with E-state index in [1.807, 2.05) is 12.1 Å². The lowest BCUT2D eigenvalue weighted by molar-refractivity contribution is 0.354. The molecule has 2 rings (SSSR count). The molecule has 1 atom stereocenters. The predicted octanol–water partition coefficient (Wildman–Crippen LogP) is 4.51. The van der Waals surface area contributed by atoms with Gasteiger partial charge in [-0.1, -0.05) is 24.6 Å². The lowest BCUT2D eigenvalue weighted by Gasteiger charge is -2.20. The van der Waals surface area contributed by atoms with E-state index in [1.54, 1.807) is 25.6 Å². The third-order valence-electron chi connectivity index (χ3n) is 3.24. The lowest BCUT2D eigenvalue weighted by Crippen LogP contribution is -2.22. The zero-order chi connectivity index (χ0) is 15.2. The fraction of sp³-hybridized carbons (Fsp3) is 0.375. The summed E-state index contributed by atoms with van der Waals surface area (Å²) in [7, 11) is 3.25. The average Bonchev–Trinajstić information content (AvgIpc) is 3.02. The van der Waals surface area contributed by atoms with Crippen LogP contribution in [0.1, 0.15) is 29.8 Å². The maximum absolute atomic E-state index is 6.46.